The number of fused-ring (bicyclic) bond motifs is 1. The number of quaternary nitrogens is 1. The first-order valence-corrected chi connectivity index (χ1v) is 11.5. The minimum atomic E-state index is 0.376. The van der Waals surface area contributed by atoms with E-state index in [4.69, 9.17) is 16.6 Å². The molecule has 0 aromatic carbocycles. The summed E-state index contributed by atoms with van der Waals surface area (Å²) in [5, 5.41) is 3.03. The summed E-state index contributed by atoms with van der Waals surface area (Å²) < 4.78 is 0. The highest BCUT2D eigenvalue weighted by Gasteiger charge is 2.43. The number of nitrogens with two attached hydrogens (primary N) is 1. The molecule has 2 aliphatic heterocycles. The molecule has 4 fully saturated rings. The average Bonchev–Trinajstić information content (AvgIpc) is 3.09. The SMILES string of the molecule is CN(C)C1CC(N=C2CCCN2C2CCCC(Cl)C2)C2CCCCC2[NH2+]1. The number of nitrogens with zero attached hydrogens (tertiary/aromatic N) is 3. The van der Waals surface area contributed by atoms with E-state index in [9.17, 15) is 0 Å². The van der Waals surface area contributed by atoms with E-state index in [0.717, 1.165) is 18.4 Å². The van der Waals surface area contributed by atoms with Crippen molar-refractivity contribution in [2.45, 2.75) is 100 Å². The van der Waals surface area contributed by atoms with Crippen LogP contribution in [0, 0.1) is 5.92 Å². The van der Waals surface area contributed by atoms with Gasteiger partial charge in [-0.25, -0.2) is 0 Å². The molecule has 2 saturated heterocycles. The largest absolute Gasteiger partial charge is 0.357 e. The van der Waals surface area contributed by atoms with E-state index in [1.165, 1.54) is 76.6 Å². The molecule has 2 saturated carbocycles. The van der Waals surface area contributed by atoms with Crippen molar-refractivity contribution in [1.82, 2.24) is 9.80 Å². The Bertz CT molecular complexity index is 508. The summed E-state index contributed by atoms with van der Waals surface area (Å²) >= 11 is 6.50. The third-order valence-corrected chi connectivity index (χ3v) is 7.85. The monoisotopic (exact) mass is 381 g/mol. The number of likely N-dealkylation sites (tertiary alicyclic amines) is 1. The average molecular weight is 382 g/mol. The molecule has 0 aromatic rings. The highest BCUT2D eigenvalue weighted by Crippen LogP contribution is 2.34. The molecule has 4 aliphatic rings. The van der Waals surface area contributed by atoms with Gasteiger partial charge in [0.15, 0.2) is 0 Å². The Balaban J connectivity index is 1.51. The first-order valence-electron chi connectivity index (χ1n) is 11.1. The molecule has 4 rings (SSSR count). The molecule has 0 amide bonds. The highest BCUT2D eigenvalue weighted by molar-refractivity contribution is 6.20. The zero-order valence-electron chi connectivity index (χ0n) is 16.7. The van der Waals surface area contributed by atoms with E-state index in [-0.39, 0.29) is 0 Å². The van der Waals surface area contributed by atoms with E-state index in [1.807, 2.05) is 0 Å². The predicted molar refractivity (Wildman–Crippen MR) is 109 cm³/mol. The van der Waals surface area contributed by atoms with Crippen LogP contribution < -0.4 is 5.32 Å². The van der Waals surface area contributed by atoms with Crippen molar-refractivity contribution >= 4 is 17.4 Å². The molecule has 6 atom stereocenters. The molecule has 26 heavy (non-hydrogen) atoms. The van der Waals surface area contributed by atoms with Crippen LogP contribution in [-0.4, -0.2) is 65.9 Å². The molecule has 0 radical (unpaired) electrons. The van der Waals surface area contributed by atoms with Crippen LogP contribution in [0.4, 0.5) is 0 Å². The Morgan fingerprint density at radius 2 is 1.88 bits per heavy atom. The summed E-state index contributed by atoms with van der Waals surface area (Å²) in [6.45, 7) is 1.21. The van der Waals surface area contributed by atoms with E-state index >= 15 is 0 Å². The first-order chi connectivity index (χ1) is 12.6. The van der Waals surface area contributed by atoms with Crippen molar-refractivity contribution in [2.75, 3.05) is 20.6 Å². The van der Waals surface area contributed by atoms with Crippen LogP contribution in [0.2, 0.25) is 0 Å². The topological polar surface area (TPSA) is 35.5 Å². The van der Waals surface area contributed by atoms with Gasteiger partial charge < -0.3 is 10.2 Å². The minimum Gasteiger partial charge on any atom is -0.357 e. The fourth-order valence-corrected chi connectivity index (χ4v) is 6.37. The molecule has 2 heterocycles. The van der Waals surface area contributed by atoms with Gasteiger partial charge in [0.25, 0.3) is 0 Å². The zero-order valence-corrected chi connectivity index (χ0v) is 17.5. The molecule has 2 N–H and O–H groups in total. The molecular formula is C21H38ClN4+. The maximum Gasteiger partial charge on any atom is 0.144 e. The van der Waals surface area contributed by atoms with Gasteiger partial charge in [-0.15, -0.1) is 11.6 Å². The van der Waals surface area contributed by atoms with Crippen LogP contribution in [-0.2, 0) is 0 Å². The van der Waals surface area contributed by atoms with Gasteiger partial charge >= 0.3 is 0 Å². The molecule has 0 spiro atoms. The number of hydrogen-bond donors (Lipinski definition) is 1. The van der Waals surface area contributed by atoms with Crippen molar-refractivity contribution in [3.8, 4) is 0 Å². The van der Waals surface area contributed by atoms with Gasteiger partial charge in [0, 0.05) is 36.7 Å². The Morgan fingerprint density at radius 3 is 2.69 bits per heavy atom. The number of piperidine rings is 1. The molecule has 6 unspecified atom stereocenters. The van der Waals surface area contributed by atoms with Gasteiger partial charge in [-0.3, -0.25) is 9.89 Å². The molecular weight excluding hydrogens is 344 g/mol. The van der Waals surface area contributed by atoms with E-state index < -0.39 is 0 Å². The zero-order chi connectivity index (χ0) is 18.1. The number of rotatable bonds is 3. The predicted octanol–water partition coefficient (Wildman–Crippen LogP) is 2.81. The fourth-order valence-electron chi connectivity index (χ4n) is 6.02. The van der Waals surface area contributed by atoms with Crippen LogP contribution >= 0.6 is 11.6 Å². The lowest BCUT2D eigenvalue weighted by atomic mass is 9.75. The van der Waals surface area contributed by atoms with Crippen molar-refractivity contribution in [3.63, 3.8) is 0 Å². The summed E-state index contributed by atoms with van der Waals surface area (Å²) in [4.78, 5) is 10.6. The molecule has 0 aromatic heterocycles. The van der Waals surface area contributed by atoms with Gasteiger partial charge in [-0.05, 0) is 65.5 Å². The maximum atomic E-state index is 6.50. The van der Waals surface area contributed by atoms with Gasteiger partial charge in [0.05, 0.1) is 17.9 Å². The molecule has 2 aliphatic carbocycles. The molecule has 0 bridgehead atoms. The van der Waals surface area contributed by atoms with Crippen LogP contribution in [0.3, 0.4) is 0 Å². The second-order valence-corrected chi connectivity index (χ2v) is 10.0. The number of amidine groups is 1. The van der Waals surface area contributed by atoms with Crippen LogP contribution in [0.15, 0.2) is 4.99 Å². The van der Waals surface area contributed by atoms with Crippen molar-refractivity contribution in [1.29, 1.82) is 0 Å². The second kappa shape index (κ2) is 8.36. The number of alkyl halides is 1. The summed E-state index contributed by atoms with van der Waals surface area (Å²) in [7, 11) is 4.47. The van der Waals surface area contributed by atoms with Gasteiger partial charge in [0.2, 0.25) is 0 Å². The van der Waals surface area contributed by atoms with Crippen LogP contribution in [0.1, 0.15) is 70.6 Å². The van der Waals surface area contributed by atoms with Crippen molar-refractivity contribution in [2.24, 2.45) is 10.9 Å². The Hall–Kier alpha value is -0.320. The second-order valence-electron chi connectivity index (χ2n) is 9.40. The lowest BCUT2D eigenvalue weighted by molar-refractivity contribution is -0.755. The lowest BCUT2D eigenvalue weighted by Crippen LogP contribution is -3.01. The third-order valence-electron chi connectivity index (χ3n) is 7.45. The van der Waals surface area contributed by atoms with Crippen LogP contribution in [0.25, 0.3) is 0 Å². The van der Waals surface area contributed by atoms with Crippen molar-refractivity contribution < 1.29 is 5.32 Å². The summed E-state index contributed by atoms with van der Waals surface area (Å²) in [6.07, 6.45) is 14.8. The number of hydrogen-bond acceptors (Lipinski definition) is 2. The Labute approximate surface area is 164 Å². The normalized spacial score (nSPS) is 43.1. The smallest absolute Gasteiger partial charge is 0.144 e. The van der Waals surface area contributed by atoms with E-state index in [0.29, 0.717) is 23.6 Å². The Morgan fingerprint density at radius 1 is 1.04 bits per heavy atom. The van der Waals surface area contributed by atoms with E-state index in [1.54, 1.807) is 0 Å². The van der Waals surface area contributed by atoms with E-state index in [2.05, 4.69) is 29.2 Å². The Kier molecular flexibility index (Phi) is 6.12. The first kappa shape index (κ1) is 19.0. The van der Waals surface area contributed by atoms with Gasteiger partial charge in [-0.1, -0.05) is 6.42 Å². The maximum absolute atomic E-state index is 6.50. The lowest BCUT2D eigenvalue weighted by Gasteiger charge is -2.43. The summed E-state index contributed by atoms with van der Waals surface area (Å²) in [6, 6.07) is 1.97. The number of halogens is 1. The minimum absolute atomic E-state index is 0.376. The highest BCUT2D eigenvalue weighted by atomic mass is 35.5. The third kappa shape index (κ3) is 4.07. The fraction of sp³-hybridized carbons (Fsp3) is 0.952. The molecule has 5 heteroatoms. The number of aliphatic imine (C=N–C) groups is 1. The molecule has 4 nitrogen and oxygen atoms in total. The summed E-state index contributed by atoms with van der Waals surface area (Å²) in [5.74, 6) is 2.22. The van der Waals surface area contributed by atoms with Gasteiger partial charge in [0.1, 0.15) is 6.17 Å². The van der Waals surface area contributed by atoms with Crippen LogP contribution in [0.5, 0.6) is 0 Å². The summed E-state index contributed by atoms with van der Waals surface area (Å²) in [5.41, 5.74) is 0. The standard InChI is InChI=1S/C21H37ClN4/c1-25(2)21-14-19(17-9-3-4-10-18(17)23-21)24-20-11-6-12-26(20)16-8-5-7-15(22)13-16/h15-19,21,23H,3-14H2,1-2H3/p+1. The quantitative estimate of drug-likeness (QED) is 0.763. The van der Waals surface area contributed by atoms with Gasteiger partial charge in [-0.2, -0.15) is 0 Å². The van der Waals surface area contributed by atoms with Crippen molar-refractivity contribution in [3.05, 3.63) is 0 Å². The molecule has 148 valence electrons.